The minimum atomic E-state index is -0.216. The number of rotatable bonds is 24. The van der Waals surface area contributed by atoms with Crippen LogP contribution in [0.5, 0.6) is 0 Å². The molecule has 0 spiro atoms. The van der Waals surface area contributed by atoms with Crippen LogP contribution in [0.2, 0.25) is 0 Å². The van der Waals surface area contributed by atoms with E-state index in [0.717, 1.165) is 76.9 Å². The molecule has 0 amide bonds. The highest BCUT2D eigenvalue weighted by Crippen LogP contribution is 2.61. The maximum Gasteiger partial charge on any atom is 0.306 e. The quantitative estimate of drug-likeness (QED) is 0.0556. The highest BCUT2D eigenvalue weighted by molar-refractivity contribution is 5.71. The van der Waals surface area contributed by atoms with Gasteiger partial charge in [0, 0.05) is 29.1 Å². The molecule has 4 unspecified atom stereocenters. The molecule has 52 heavy (non-hydrogen) atoms. The Morgan fingerprint density at radius 1 is 0.635 bits per heavy atom. The molecule has 0 aromatic carbocycles. The molecule has 0 radical (unpaired) electrons. The third-order valence-electron chi connectivity index (χ3n) is 14.0. The van der Waals surface area contributed by atoms with Crippen molar-refractivity contribution in [2.45, 2.75) is 189 Å². The van der Waals surface area contributed by atoms with Crippen molar-refractivity contribution in [3.05, 3.63) is 0 Å². The first-order valence-corrected chi connectivity index (χ1v) is 22.1. The van der Waals surface area contributed by atoms with E-state index >= 15 is 0 Å². The van der Waals surface area contributed by atoms with Gasteiger partial charge in [0.15, 0.2) is 0 Å². The lowest BCUT2D eigenvalue weighted by molar-refractivity contribution is -0.170. The molecule has 5 fully saturated rings. The van der Waals surface area contributed by atoms with Crippen molar-refractivity contribution in [3.8, 4) is 0 Å². The standard InChI is InChI=1S/C45H79NO6/c1-7-11-13-16-37(17-14-12-8-2)26-40(48)51-34-43(6)28-38-27-42(5,33-50-39(47)18-15-25-46(9-3)10-4)31-45(29-38,32-43)35-52-41(49)30-44-22-19-36(20-23-44)21-24-44/h36-38H,7-35H2,1-6H3. The topological polar surface area (TPSA) is 82.1 Å². The lowest BCUT2D eigenvalue weighted by Crippen LogP contribution is -2.52. The van der Waals surface area contributed by atoms with Gasteiger partial charge < -0.3 is 19.1 Å². The van der Waals surface area contributed by atoms with Gasteiger partial charge in [-0.15, -0.1) is 0 Å². The summed E-state index contributed by atoms with van der Waals surface area (Å²) in [7, 11) is 0. The summed E-state index contributed by atoms with van der Waals surface area (Å²) < 4.78 is 18.5. The van der Waals surface area contributed by atoms with Gasteiger partial charge in [-0.25, -0.2) is 0 Å². The van der Waals surface area contributed by atoms with Gasteiger partial charge >= 0.3 is 17.9 Å². The first-order valence-electron chi connectivity index (χ1n) is 22.1. The second-order valence-electron chi connectivity index (χ2n) is 19.3. The predicted octanol–water partition coefficient (Wildman–Crippen LogP) is 10.9. The van der Waals surface area contributed by atoms with Gasteiger partial charge in [0.25, 0.3) is 0 Å². The SMILES string of the molecule is CCCCCC(CCCCC)CC(=O)OCC1(C)CC2CC(C)(COC(=O)CCCN(CC)CC)CC(COC(=O)CC34CCC(CC3)CC4)(C2)C1. The zero-order valence-corrected chi connectivity index (χ0v) is 34.6. The highest BCUT2D eigenvalue weighted by Gasteiger charge is 2.55. The van der Waals surface area contributed by atoms with Crippen molar-refractivity contribution in [2.75, 3.05) is 39.5 Å². The van der Waals surface area contributed by atoms with Crippen LogP contribution in [0.25, 0.3) is 0 Å². The van der Waals surface area contributed by atoms with Crippen molar-refractivity contribution >= 4 is 17.9 Å². The minimum absolute atomic E-state index is 0.0333. The normalized spacial score (nSPS) is 31.2. The third kappa shape index (κ3) is 13.3. The molecule has 5 aliphatic rings. The van der Waals surface area contributed by atoms with E-state index in [9.17, 15) is 14.4 Å². The van der Waals surface area contributed by atoms with Crippen LogP contribution in [0, 0.1) is 39.4 Å². The summed E-state index contributed by atoms with van der Waals surface area (Å²) in [4.78, 5) is 42.2. The Hall–Kier alpha value is -1.63. The smallest absolute Gasteiger partial charge is 0.306 e. The number of fused-ring (bicyclic) bond motifs is 5. The molecule has 4 atom stereocenters. The van der Waals surface area contributed by atoms with Crippen LogP contribution in [0.1, 0.15) is 189 Å². The fraction of sp³-hybridized carbons (Fsp3) is 0.933. The van der Waals surface area contributed by atoms with Crippen LogP contribution in [0.15, 0.2) is 0 Å². The van der Waals surface area contributed by atoms with E-state index in [4.69, 9.17) is 14.2 Å². The van der Waals surface area contributed by atoms with Crippen molar-refractivity contribution < 1.29 is 28.6 Å². The second-order valence-corrected chi connectivity index (χ2v) is 19.3. The lowest BCUT2D eigenvalue weighted by atomic mass is 9.49. The molecule has 7 heteroatoms. The number of carbonyl (C=O) groups is 3. The van der Waals surface area contributed by atoms with Gasteiger partial charge in [-0.05, 0) is 133 Å². The number of hydrogen-bond donors (Lipinski definition) is 0. The van der Waals surface area contributed by atoms with Gasteiger partial charge in [0.2, 0.25) is 0 Å². The Morgan fingerprint density at radius 3 is 1.71 bits per heavy atom. The van der Waals surface area contributed by atoms with E-state index in [1.54, 1.807) is 0 Å². The average Bonchev–Trinajstić information content (AvgIpc) is 3.11. The molecule has 0 aromatic heterocycles. The van der Waals surface area contributed by atoms with Crippen LogP contribution in [-0.2, 0) is 28.6 Å². The van der Waals surface area contributed by atoms with Crippen LogP contribution < -0.4 is 0 Å². The summed E-state index contributed by atoms with van der Waals surface area (Å²) in [5, 5.41) is 0. The van der Waals surface area contributed by atoms with Gasteiger partial charge in [-0.3, -0.25) is 14.4 Å². The summed E-state index contributed by atoms with van der Waals surface area (Å²) in [6.45, 7) is 17.5. The molecule has 0 saturated heterocycles. The molecule has 0 heterocycles. The summed E-state index contributed by atoms with van der Waals surface area (Å²) in [5.41, 5.74) is -0.417. The molecular weight excluding hydrogens is 650 g/mol. The lowest BCUT2D eigenvalue weighted by Gasteiger charge is -2.57. The Morgan fingerprint density at radius 2 is 1.17 bits per heavy atom. The molecule has 5 saturated carbocycles. The fourth-order valence-electron chi connectivity index (χ4n) is 11.5. The molecule has 0 aromatic rings. The zero-order chi connectivity index (χ0) is 37.7. The second kappa shape index (κ2) is 20.3. The Labute approximate surface area is 318 Å². The van der Waals surface area contributed by atoms with Crippen molar-refractivity contribution in [1.29, 1.82) is 0 Å². The minimum Gasteiger partial charge on any atom is -0.465 e. The fourth-order valence-corrected chi connectivity index (χ4v) is 11.5. The summed E-state index contributed by atoms with van der Waals surface area (Å²) in [6, 6.07) is 0. The number of nitrogens with zero attached hydrogens (tertiary/aromatic N) is 1. The number of hydrogen-bond acceptors (Lipinski definition) is 7. The summed E-state index contributed by atoms with van der Waals surface area (Å²) in [5.74, 6) is 1.50. The maximum atomic E-state index is 13.6. The first-order chi connectivity index (χ1) is 24.9. The van der Waals surface area contributed by atoms with E-state index < -0.39 is 0 Å². The Bertz CT molecular complexity index is 1090. The van der Waals surface area contributed by atoms with E-state index in [1.807, 2.05) is 0 Å². The van der Waals surface area contributed by atoms with E-state index in [0.29, 0.717) is 50.9 Å². The largest absolute Gasteiger partial charge is 0.465 e. The van der Waals surface area contributed by atoms with Gasteiger partial charge in [0.05, 0.1) is 26.2 Å². The number of unbranched alkanes of at least 4 members (excludes halogenated alkanes) is 4. The highest BCUT2D eigenvalue weighted by atomic mass is 16.5. The number of ether oxygens (including phenoxy) is 3. The molecule has 5 rings (SSSR count). The van der Waals surface area contributed by atoms with Gasteiger partial charge in [-0.2, -0.15) is 0 Å². The molecule has 300 valence electrons. The Kier molecular flexibility index (Phi) is 16.9. The van der Waals surface area contributed by atoms with Crippen LogP contribution in [0.3, 0.4) is 0 Å². The number of carbonyl (C=O) groups excluding carboxylic acids is 3. The summed E-state index contributed by atoms with van der Waals surface area (Å²) in [6.07, 6.45) is 23.7. The van der Waals surface area contributed by atoms with Crippen molar-refractivity contribution in [2.24, 2.45) is 39.4 Å². The third-order valence-corrected chi connectivity index (χ3v) is 14.0. The van der Waals surface area contributed by atoms with E-state index in [1.165, 1.54) is 77.0 Å². The van der Waals surface area contributed by atoms with Crippen molar-refractivity contribution in [3.63, 3.8) is 0 Å². The van der Waals surface area contributed by atoms with Gasteiger partial charge in [0.1, 0.15) is 0 Å². The van der Waals surface area contributed by atoms with Gasteiger partial charge in [-0.1, -0.05) is 80.1 Å². The van der Waals surface area contributed by atoms with Crippen LogP contribution >= 0.6 is 0 Å². The average molecular weight is 730 g/mol. The monoisotopic (exact) mass is 730 g/mol. The molecule has 0 N–H and O–H groups in total. The van der Waals surface area contributed by atoms with E-state index in [2.05, 4.69) is 46.4 Å². The molecule has 7 nitrogen and oxygen atoms in total. The van der Waals surface area contributed by atoms with Crippen LogP contribution in [0.4, 0.5) is 0 Å². The molecule has 4 bridgehead atoms. The molecule has 5 aliphatic carbocycles. The Balaban J connectivity index is 1.39. The van der Waals surface area contributed by atoms with E-state index in [-0.39, 0.29) is 39.6 Å². The predicted molar refractivity (Wildman–Crippen MR) is 210 cm³/mol. The molecular formula is C45H79NO6. The molecule has 0 aliphatic heterocycles. The van der Waals surface area contributed by atoms with Crippen LogP contribution in [-0.4, -0.2) is 62.3 Å². The summed E-state index contributed by atoms with van der Waals surface area (Å²) >= 11 is 0. The maximum absolute atomic E-state index is 13.6. The number of esters is 3. The van der Waals surface area contributed by atoms with Crippen molar-refractivity contribution in [1.82, 2.24) is 4.90 Å². The zero-order valence-electron chi connectivity index (χ0n) is 34.6. The first kappa shape index (κ1) is 43.1.